The van der Waals surface area contributed by atoms with Gasteiger partial charge >= 0.3 is 6.09 Å². The Labute approximate surface area is 111 Å². The summed E-state index contributed by atoms with van der Waals surface area (Å²) < 4.78 is 5.08. The van der Waals surface area contributed by atoms with E-state index in [1.807, 2.05) is 30.3 Å². The van der Waals surface area contributed by atoms with E-state index in [1.165, 1.54) is 6.08 Å². The molecule has 0 spiro atoms. The Morgan fingerprint density at radius 3 is 2.68 bits per heavy atom. The van der Waals surface area contributed by atoms with Gasteiger partial charge in [0.2, 0.25) is 5.91 Å². The van der Waals surface area contributed by atoms with E-state index >= 15 is 0 Å². The summed E-state index contributed by atoms with van der Waals surface area (Å²) in [6.45, 7) is 4.66. The first-order chi connectivity index (χ1) is 9.19. The van der Waals surface area contributed by atoms with Crippen LogP contribution in [-0.2, 0) is 16.1 Å². The van der Waals surface area contributed by atoms with Gasteiger partial charge in [0, 0.05) is 13.1 Å². The standard InChI is InChI=1S/C14H16N2O3/c1-2-13(17)16-8-12(9-16)15-14(18)19-10-11-6-4-3-5-7-11/h2-7,12H,1,8-10H2,(H,15,18). The van der Waals surface area contributed by atoms with Gasteiger partial charge in [-0.25, -0.2) is 4.79 Å². The summed E-state index contributed by atoms with van der Waals surface area (Å²) in [5.41, 5.74) is 0.940. The van der Waals surface area contributed by atoms with Gasteiger partial charge < -0.3 is 15.0 Å². The highest BCUT2D eigenvalue weighted by atomic mass is 16.5. The van der Waals surface area contributed by atoms with Gasteiger partial charge in [-0.3, -0.25) is 4.79 Å². The number of carbonyl (C=O) groups excluding carboxylic acids is 2. The monoisotopic (exact) mass is 260 g/mol. The number of rotatable bonds is 4. The first-order valence-corrected chi connectivity index (χ1v) is 6.07. The van der Waals surface area contributed by atoms with Crippen molar-refractivity contribution in [2.75, 3.05) is 13.1 Å². The summed E-state index contributed by atoms with van der Waals surface area (Å²) in [7, 11) is 0. The molecular weight excluding hydrogens is 244 g/mol. The van der Waals surface area contributed by atoms with Crippen molar-refractivity contribution in [1.29, 1.82) is 0 Å². The van der Waals surface area contributed by atoms with Crippen LogP contribution in [0.25, 0.3) is 0 Å². The molecule has 1 saturated heterocycles. The SMILES string of the molecule is C=CC(=O)N1CC(NC(=O)OCc2ccccc2)C1. The number of alkyl carbamates (subject to hydrolysis) is 1. The lowest BCUT2D eigenvalue weighted by molar-refractivity contribution is -0.130. The van der Waals surface area contributed by atoms with Crippen LogP contribution in [0.15, 0.2) is 43.0 Å². The van der Waals surface area contributed by atoms with E-state index < -0.39 is 6.09 Å². The van der Waals surface area contributed by atoms with E-state index in [4.69, 9.17) is 4.74 Å². The number of amides is 2. The Kier molecular flexibility index (Phi) is 4.18. The van der Waals surface area contributed by atoms with Gasteiger partial charge in [0.25, 0.3) is 0 Å². The second-order valence-corrected chi connectivity index (χ2v) is 4.35. The van der Waals surface area contributed by atoms with E-state index in [1.54, 1.807) is 4.90 Å². The van der Waals surface area contributed by atoms with Gasteiger partial charge in [0.15, 0.2) is 0 Å². The molecule has 1 aliphatic rings. The minimum Gasteiger partial charge on any atom is -0.445 e. The van der Waals surface area contributed by atoms with Gasteiger partial charge in [-0.1, -0.05) is 36.9 Å². The third-order valence-electron chi connectivity index (χ3n) is 2.90. The van der Waals surface area contributed by atoms with Crippen molar-refractivity contribution in [1.82, 2.24) is 10.2 Å². The Hall–Kier alpha value is -2.30. The first-order valence-electron chi connectivity index (χ1n) is 6.07. The second-order valence-electron chi connectivity index (χ2n) is 4.35. The number of ether oxygens (including phenoxy) is 1. The smallest absolute Gasteiger partial charge is 0.407 e. The van der Waals surface area contributed by atoms with Crippen LogP contribution in [0.1, 0.15) is 5.56 Å². The molecule has 5 nitrogen and oxygen atoms in total. The molecule has 0 saturated carbocycles. The van der Waals surface area contributed by atoms with Crippen molar-refractivity contribution in [2.45, 2.75) is 12.6 Å². The lowest BCUT2D eigenvalue weighted by Crippen LogP contribution is -2.60. The maximum absolute atomic E-state index is 11.5. The zero-order chi connectivity index (χ0) is 13.7. The molecule has 0 atom stereocenters. The predicted octanol–water partition coefficient (Wildman–Crippen LogP) is 1.31. The van der Waals surface area contributed by atoms with E-state index in [2.05, 4.69) is 11.9 Å². The van der Waals surface area contributed by atoms with Gasteiger partial charge in [-0.05, 0) is 11.6 Å². The molecule has 2 rings (SSSR count). The number of nitrogens with one attached hydrogen (secondary N) is 1. The van der Waals surface area contributed by atoms with Gasteiger partial charge in [0.1, 0.15) is 6.61 Å². The number of benzene rings is 1. The van der Waals surface area contributed by atoms with E-state index in [-0.39, 0.29) is 18.6 Å². The zero-order valence-electron chi connectivity index (χ0n) is 10.5. The van der Waals surface area contributed by atoms with Gasteiger partial charge in [0.05, 0.1) is 6.04 Å². The van der Waals surface area contributed by atoms with Crippen LogP contribution in [0, 0.1) is 0 Å². The quantitative estimate of drug-likeness (QED) is 0.830. The normalized spacial score (nSPS) is 14.4. The highest BCUT2D eigenvalue weighted by Crippen LogP contribution is 2.08. The zero-order valence-corrected chi connectivity index (χ0v) is 10.5. The molecule has 19 heavy (non-hydrogen) atoms. The summed E-state index contributed by atoms with van der Waals surface area (Å²) in [6, 6.07) is 9.43. The molecule has 5 heteroatoms. The highest BCUT2D eigenvalue weighted by Gasteiger charge is 2.30. The molecule has 0 aromatic heterocycles. The third kappa shape index (κ3) is 3.58. The number of hydrogen-bond acceptors (Lipinski definition) is 3. The molecule has 0 radical (unpaired) electrons. The third-order valence-corrected chi connectivity index (χ3v) is 2.90. The summed E-state index contributed by atoms with van der Waals surface area (Å²) in [4.78, 5) is 24.3. The van der Waals surface area contributed by atoms with Crippen LogP contribution >= 0.6 is 0 Å². The van der Waals surface area contributed by atoms with Crippen molar-refractivity contribution in [2.24, 2.45) is 0 Å². The van der Waals surface area contributed by atoms with Crippen molar-refractivity contribution in [3.8, 4) is 0 Å². The minimum atomic E-state index is -0.459. The molecule has 1 aromatic rings. The molecule has 1 heterocycles. The largest absolute Gasteiger partial charge is 0.445 e. The number of likely N-dealkylation sites (tertiary alicyclic amines) is 1. The average molecular weight is 260 g/mol. The molecule has 1 N–H and O–H groups in total. The molecule has 100 valence electrons. The minimum absolute atomic E-state index is 0.0350. The fourth-order valence-electron chi connectivity index (χ4n) is 1.81. The molecule has 1 fully saturated rings. The first kappa shape index (κ1) is 13.1. The number of carbonyl (C=O) groups is 2. The van der Waals surface area contributed by atoms with E-state index in [0.29, 0.717) is 13.1 Å². The second kappa shape index (κ2) is 6.04. The van der Waals surface area contributed by atoms with Crippen molar-refractivity contribution in [3.05, 3.63) is 48.6 Å². The molecule has 0 bridgehead atoms. The number of hydrogen-bond donors (Lipinski definition) is 1. The Morgan fingerprint density at radius 1 is 1.37 bits per heavy atom. The molecular formula is C14H16N2O3. The predicted molar refractivity (Wildman–Crippen MR) is 70.3 cm³/mol. The lowest BCUT2D eigenvalue weighted by atomic mass is 10.1. The Bertz CT molecular complexity index is 467. The average Bonchev–Trinajstić information content (AvgIpc) is 2.40. The fraction of sp³-hybridized carbons (Fsp3) is 0.286. The fourth-order valence-corrected chi connectivity index (χ4v) is 1.81. The summed E-state index contributed by atoms with van der Waals surface area (Å²) in [5.74, 6) is -0.115. The molecule has 0 aliphatic carbocycles. The van der Waals surface area contributed by atoms with Crippen molar-refractivity contribution >= 4 is 12.0 Å². The molecule has 2 amide bonds. The maximum Gasteiger partial charge on any atom is 0.407 e. The van der Waals surface area contributed by atoms with Crippen LogP contribution in [-0.4, -0.2) is 36.0 Å². The molecule has 1 aliphatic heterocycles. The summed E-state index contributed by atoms with van der Waals surface area (Å²) >= 11 is 0. The topological polar surface area (TPSA) is 58.6 Å². The summed E-state index contributed by atoms with van der Waals surface area (Å²) in [6.07, 6.45) is 0.809. The van der Waals surface area contributed by atoms with Crippen LogP contribution in [0.2, 0.25) is 0 Å². The van der Waals surface area contributed by atoms with Crippen molar-refractivity contribution < 1.29 is 14.3 Å². The highest BCUT2D eigenvalue weighted by molar-refractivity contribution is 5.87. The van der Waals surface area contributed by atoms with Crippen LogP contribution in [0.5, 0.6) is 0 Å². The number of nitrogens with zero attached hydrogens (tertiary/aromatic N) is 1. The lowest BCUT2D eigenvalue weighted by Gasteiger charge is -2.38. The summed E-state index contributed by atoms with van der Waals surface area (Å²) in [5, 5.41) is 2.71. The van der Waals surface area contributed by atoms with Crippen molar-refractivity contribution in [3.63, 3.8) is 0 Å². The van der Waals surface area contributed by atoms with E-state index in [0.717, 1.165) is 5.56 Å². The van der Waals surface area contributed by atoms with Gasteiger partial charge in [-0.15, -0.1) is 0 Å². The van der Waals surface area contributed by atoms with E-state index in [9.17, 15) is 9.59 Å². The molecule has 0 unspecified atom stereocenters. The Balaban J connectivity index is 1.66. The Morgan fingerprint density at radius 2 is 2.05 bits per heavy atom. The van der Waals surface area contributed by atoms with Gasteiger partial charge in [-0.2, -0.15) is 0 Å². The van der Waals surface area contributed by atoms with Crippen LogP contribution in [0.3, 0.4) is 0 Å². The molecule has 1 aromatic carbocycles. The maximum atomic E-state index is 11.5. The van der Waals surface area contributed by atoms with Crippen LogP contribution < -0.4 is 5.32 Å². The van der Waals surface area contributed by atoms with Crippen LogP contribution in [0.4, 0.5) is 4.79 Å².